The lowest BCUT2D eigenvalue weighted by molar-refractivity contribution is -0.153. The molecule has 0 radical (unpaired) electrons. The molecule has 1 aromatic rings. The monoisotopic (exact) mass is 558 g/mol. The van der Waals surface area contributed by atoms with Gasteiger partial charge in [-0.3, -0.25) is 0 Å². The van der Waals surface area contributed by atoms with Crippen LogP contribution in [-0.2, 0) is 20.6 Å². The molecular weight excluding hydrogens is 512 g/mol. The molecule has 10 heteroatoms. The van der Waals surface area contributed by atoms with Gasteiger partial charge in [-0.05, 0) is 50.6 Å². The van der Waals surface area contributed by atoms with Crippen molar-refractivity contribution in [3.63, 3.8) is 0 Å². The maximum Gasteiger partial charge on any atom is 0.407 e. The molecule has 4 fully saturated rings. The Hall–Kier alpha value is -2.40. The molecule has 1 aromatic carbocycles. The number of alkyl carbamates (subject to hydrolysis) is 1. The Balaban J connectivity index is 1.25. The molecule has 3 aliphatic heterocycles. The summed E-state index contributed by atoms with van der Waals surface area (Å²) in [6.45, 7) is 6.67. The van der Waals surface area contributed by atoms with Gasteiger partial charge in [0.1, 0.15) is 6.10 Å². The molecule has 0 aromatic heterocycles. The number of fused-ring (bicyclic) bond motifs is 2. The minimum atomic E-state index is -0.983. The van der Waals surface area contributed by atoms with Gasteiger partial charge in [0.2, 0.25) is 0 Å². The number of benzene rings is 1. The first-order valence-electron chi connectivity index (χ1n) is 15.0. The number of ether oxygens (including phenoxy) is 3. The van der Waals surface area contributed by atoms with Gasteiger partial charge >= 0.3 is 12.1 Å². The van der Waals surface area contributed by atoms with Crippen LogP contribution in [-0.4, -0.2) is 104 Å². The molecule has 3 amide bonds. The second-order valence-electron chi connectivity index (χ2n) is 12.4. The normalized spacial score (nSPS) is 29.3. The van der Waals surface area contributed by atoms with E-state index in [0.717, 1.165) is 31.2 Å². The Morgan fingerprint density at radius 1 is 1.12 bits per heavy atom. The summed E-state index contributed by atoms with van der Waals surface area (Å²) in [5.74, 6) is 0.736. The second-order valence-corrected chi connectivity index (χ2v) is 12.4. The minimum absolute atomic E-state index is 0.0609. The Kier molecular flexibility index (Phi) is 9.50. The largest absolute Gasteiger partial charge is 0.443 e. The van der Waals surface area contributed by atoms with E-state index in [0.29, 0.717) is 44.6 Å². The van der Waals surface area contributed by atoms with Crippen molar-refractivity contribution >= 4 is 12.1 Å². The van der Waals surface area contributed by atoms with E-state index in [4.69, 9.17) is 14.2 Å². The molecule has 3 bridgehead atoms. The van der Waals surface area contributed by atoms with Gasteiger partial charge in [-0.25, -0.2) is 9.59 Å². The Bertz CT molecular complexity index is 980. The molecule has 222 valence electrons. The Labute approximate surface area is 237 Å². The fourth-order valence-corrected chi connectivity index (χ4v) is 6.77. The third-order valence-corrected chi connectivity index (χ3v) is 8.89. The van der Waals surface area contributed by atoms with Crippen molar-refractivity contribution in [3.05, 3.63) is 35.9 Å². The summed E-state index contributed by atoms with van der Waals surface area (Å²) >= 11 is 0. The maximum absolute atomic E-state index is 13.6. The zero-order valence-corrected chi connectivity index (χ0v) is 24.0. The van der Waals surface area contributed by atoms with Crippen LogP contribution in [0.4, 0.5) is 9.59 Å². The average molecular weight is 559 g/mol. The van der Waals surface area contributed by atoms with Crippen molar-refractivity contribution in [1.29, 1.82) is 0 Å². The van der Waals surface area contributed by atoms with Crippen molar-refractivity contribution in [2.75, 3.05) is 39.8 Å². The first kappa shape index (κ1) is 29.1. The molecule has 0 spiro atoms. The zero-order valence-electron chi connectivity index (χ0n) is 24.0. The molecular formula is C30H46N4O6. The number of likely N-dealkylation sites (tertiary alicyclic amines) is 1. The quantitative estimate of drug-likeness (QED) is 0.405. The number of piperidine rings is 1. The fraction of sp³-hybridized carbons (Fsp3) is 0.733. The van der Waals surface area contributed by atoms with Crippen LogP contribution >= 0.6 is 0 Å². The van der Waals surface area contributed by atoms with Gasteiger partial charge in [0, 0.05) is 37.5 Å². The van der Waals surface area contributed by atoms with Crippen molar-refractivity contribution in [3.8, 4) is 0 Å². The van der Waals surface area contributed by atoms with Crippen LogP contribution in [0.25, 0.3) is 0 Å². The third kappa shape index (κ3) is 6.90. The highest BCUT2D eigenvalue weighted by atomic mass is 16.7. The average Bonchev–Trinajstić information content (AvgIpc) is 3.25. The third-order valence-electron chi connectivity index (χ3n) is 8.89. The first-order valence-corrected chi connectivity index (χ1v) is 15.0. The van der Waals surface area contributed by atoms with Crippen molar-refractivity contribution < 1.29 is 28.9 Å². The van der Waals surface area contributed by atoms with Crippen molar-refractivity contribution in [1.82, 2.24) is 20.4 Å². The lowest BCUT2D eigenvalue weighted by atomic mass is 9.78. The molecule has 5 rings (SSSR count). The van der Waals surface area contributed by atoms with E-state index >= 15 is 0 Å². The summed E-state index contributed by atoms with van der Waals surface area (Å²) in [6, 6.07) is 9.48. The van der Waals surface area contributed by atoms with Crippen molar-refractivity contribution in [2.24, 2.45) is 17.8 Å². The molecule has 3 N–H and O–H groups in total. The predicted octanol–water partition coefficient (Wildman–Crippen LogP) is 2.60. The van der Waals surface area contributed by atoms with E-state index in [9.17, 15) is 14.7 Å². The fourth-order valence-electron chi connectivity index (χ4n) is 6.77. The summed E-state index contributed by atoms with van der Waals surface area (Å²) in [4.78, 5) is 30.4. The van der Waals surface area contributed by atoms with Gasteiger partial charge in [0.15, 0.2) is 6.29 Å². The highest BCUT2D eigenvalue weighted by molar-refractivity contribution is 5.74. The maximum atomic E-state index is 13.6. The van der Waals surface area contributed by atoms with Gasteiger partial charge in [0.25, 0.3) is 0 Å². The van der Waals surface area contributed by atoms with Gasteiger partial charge < -0.3 is 39.8 Å². The van der Waals surface area contributed by atoms with Crippen LogP contribution in [0.5, 0.6) is 0 Å². The summed E-state index contributed by atoms with van der Waals surface area (Å²) in [5.41, 5.74) is 0.981. The van der Waals surface area contributed by atoms with Crippen LogP contribution in [0.1, 0.15) is 45.1 Å². The van der Waals surface area contributed by atoms with Crippen LogP contribution < -0.4 is 10.6 Å². The van der Waals surface area contributed by atoms with Gasteiger partial charge in [-0.15, -0.1) is 0 Å². The van der Waals surface area contributed by atoms with E-state index in [1.165, 1.54) is 0 Å². The number of hydrogen-bond donors (Lipinski definition) is 3. The predicted molar refractivity (Wildman–Crippen MR) is 150 cm³/mol. The molecule has 5 unspecified atom stereocenters. The number of nitrogens with one attached hydrogen (secondary N) is 2. The van der Waals surface area contributed by atoms with Crippen LogP contribution in [0.3, 0.4) is 0 Å². The standard InChI is InChI=1S/C30H46N4O6/c1-19(2)16-34(30(37)33-11-9-23(31-3)10-12-33)17-25(35)24(13-20-7-5-4-6-8-20)32-29(36)40-27-22-14-21-15-26(27)39-28(21)38-18-22/h4-8,19,21-28,31,35H,9-18H2,1-3H3,(H,32,36)/t21?,22?,24-,25+,26?,27?,28?/m0/s1. The summed E-state index contributed by atoms with van der Waals surface area (Å²) in [5, 5.41) is 17.8. The summed E-state index contributed by atoms with van der Waals surface area (Å²) < 4.78 is 17.7. The summed E-state index contributed by atoms with van der Waals surface area (Å²) in [6.07, 6.45) is 1.76. The zero-order chi connectivity index (χ0) is 28.2. The highest BCUT2D eigenvalue weighted by Gasteiger charge is 2.53. The highest BCUT2D eigenvalue weighted by Crippen LogP contribution is 2.46. The number of rotatable bonds is 10. The number of carbonyl (C=O) groups is 2. The van der Waals surface area contributed by atoms with Crippen LogP contribution in [0.15, 0.2) is 30.3 Å². The lowest BCUT2D eigenvalue weighted by Gasteiger charge is -2.38. The van der Waals surface area contributed by atoms with E-state index in [2.05, 4.69) is 24.5 Å². The SMILES string of the molecule is CNC1CCN(C(=O)N(CC(C)C)C[C@@H](O)[C@H](Cc2ccccc2)NC(=O)OC2C3COC4OC2CC4C3)CC1. The molecule has 10 nitrogen and oxygen atoms in total. The number of amides is 3. The van der Waals surface area contributed by atoms with E-state index in [1.54, 1.807) is 4.90 Å². The Morgan fingerprint density at radius 2 is 1.88 bits per heavy atom. The van der Waals surface area contributed by atoms with Gasteiger partial charge in [-0.2, -0.15) is 0 Å². The summed E-state index contributed by atoms with van der Waals surface area (Å²) in [7, 11) is 1.96. The molecule has 3 saturated heterocycles. The number of urea groups is 1. The number of nitrogens with zero attached hydrogens (tertiary/aromatic N) is 2. The first-order chi connectivity index (χ1) is 19.3. The number of aliphatic hydroxyl groups excluding tert-OH is 1. The van der Waals surface area contributed by atoms with Crippen LogP contribution in [0, 0.1) is 17.8 Å². The lowest BCUT2D eigenvalue weighted by Crippen LogP contribution is -2.55. The van der Waals surface area contributed by atoms with Gasteiger partial charge in [-0.1, -0.05) is 44.2 Å². The molecule has 7 atom stereocenters. The second kappa shape index (κ2) is 13.1. The molecule has 3 heterocycles. The van der Waals surface area contributed by atoms with E-state index < -0.39 is 18.2 Å². The van der Waals surface area contributed by atoms with Gasteiger partial charge in [0.05, 0.1) is 31.4 Å². The smallest absolute Gasteiger partial charge is 0.407 e. The number of hydrogen-bond acceptors (Lipinski definition) is 7. The molecule has 1 aliphatic carbocycles. The topological polar surface area (TPSA) is 113 Å². The number of carbonyl (C=O) groups excluding carboxylic acids is 2. The molecule has 1 saturated carbocycles. The molecule has 4 aliphatic rings. The Morgan fingerprint density at radius 3 is 2.58 bits per heavy atom. The van der Waals surface area contributed by atoms with Crippen LogP contribution in [0.2, 0.25) is 0 Å². The van der Waals surface area contributed by atoms with Crippen molar-refractivity contribution in [2.45, 2.75) is 82.6 Å². The number of aliphatic hydroxyl groups is 1. The van der Waals surface area contributed by atoms with E-state index in [-0.39, 0.29) is 42.9 Å². The minimum Gasteiger partial charge on any atom is -0.443 e. The molecule has 40 heavy (non-hydrogen) atoms. The van der Waals surface area contributed by atoms with E-state index in [1.807, 2.05) is 42.3 Å².